The number of nitrogens with one attached hydrogen (secondary N) is 1. The highest BCUT2D eigenvalue weighted by Crippen LogP contribution is 2.17. The number of benzene rings is 1. The first-order chi connectivity index (χ1) is 9.93. The Hall–Kier alpha value is -1.82. The van der Waals surface area contributed by atoms with Crippen LogP contribution in [0.5, 0.6) is 0 Å². The number of hydrogen-bond acceptors (Lipinski definition) is 3. The molecule has 0 aliphatic heterocycles. The highest BCUT2D eigenvalue weighted by Gasteiger charge is 2.21. The molecule has 0 saturated heterocycles. The average Bonchev–Trinajstić information content (AvgIpc) is 2.42. The van der Waals surface area contributed by atoms with E-state index >= 15 is 0 Å². The molecule has 0 aliphatic rings. The molecule has 2 N–H and O–H groups in total. The van der Waals surface area contributed by atoms with Gasteiger partial charge in [-0.1, -0.05) is 31.0 Å². The fourth-order valence-electron chi connectivity index (χ4n) is 1.60. The number of hydrogen-bond donors (Lipinski definition) is 2. The summed E-state index contributed by atoms with van der Waals surface area (Å²) >= 11 is 5.63. The molecule has 0 fully saturated rings. The van der Waals surface area contributed by atoms with Crippen molar-refractivity contribution >= 4 is 23.7 Å². The highest BCUT2D eigenvalue weighted by molar-refractivity contribution is 6.30. The van der Waals surface area contributed by atoms with Gasteiger partial charge in [-0.15, -0.1) is 0 Å². The number of amides is 1. The second-order valence-electron chi connectivity index (χ2n) is 4.48. The molecule has 21 heavy (non-hydrogen) atoms. The number of carboxylic acids is 1. The standard InChI is InChI=1S/C14H17ClFNO4/c1-2-3-6-21-14(20)17-12(13(18)19)8-9-4-5-11(16)10(15)7-9/h4-5,7,12H,2-3,6,8H2,1H3,(H,17,20)(H,18,19). The second kappa shape index (κ2) is 8.46. The Balaban J connectivity index is 2.63. The quantitative estimate of drug-likeness (QED) is 0.758. The molecular formula is C14H17ClFNO4. The van der Waals surface area contributed by atoms with Crippen LogP contribution >= 0.6 is 11.6 Å². The van der Waals surface area contributed by atoms with Gasteiger partial charge in [0.15, 0.2) is 0 Å². The molecule has 1 atom stereocenters. The predicted molar refractivity (Wildman–Crippen MR) is 75.9 cm³/mol. The van der Waals surface area contributed by atoms with Gasteiger partial charge in [-0.3, -0.25) is 0 Å². The topological polar surface area (TPSA) is 75.6 Å². The number of aliphatic carboxylic acids is 1. The zero-order valence-electron chi connectivity index (χ0n) is 11.6. The van der Waals surface area contributed by atoms with Gasteiger partial charge >= 0.3 is 12.1 Å². The van der Waals surface area contributed by atoms with Crippen molar-refractivity contribution < 1.29 is 23.8 Å². The van der Waals surface area contributed by atoms with Crippen LogP contribution in [0, 0.1) is 5.82 Å². The van der Waals surface area contributed by atoms with E-state index in [1.54, 1.807) is 0 Å². The van der Waals surface area contributed by atoms with Crippen LogP contribution in [-0.2, 0) is 16.0 Å². The van der Waals surface area contributed by atoms with Crippen LogP contribution in [0.15, 0.2) is 18.2 Å². The zero-order chi connectivity index (χ0) is 15.8. The summed E-state index contributed by atoms with van der Waals surface area (Å²) in [5.41, 5.74) is 0.502. The predicted octanol–water partition coefficient (Wildman–Crippen LogP) is 3.00. The van der Waals surface area contributed by atoms with Crippen molar-refractivity contribution in [3.8, 4) is 0 Å². The lowest BCUT2D eigenvalue weighted by Gasteiger charge is -2.15. The summed E-state index contributed by atoms with van der Waals surface area (Å²) in [5, 5.41) is 11.3. The van der Waals surface area contributed by atoms with Gasteiger partial charge in [0.25, 0.3) is 0 Å². The van der Waals surface area contributed by atoms with Gasteiger partial charge in [0.05, 0.1) is 11.6 Å². The maximum absolute atomic E-state index is 13.0. The number of carbonyl (C=O) groups is 2. The first-order valence-corrected chi connectivity index (χ1v) is 6.91. The Labute approximate surface area is 127 Å². The summed E-state index contributed by atoms with van der Waals surface area (Å²) in [4.78, 5) is 22.6. The molecule has 0 aliphatic carbocycles. The third kappa shape index (κ3) is 5.99. The SMILES string of the molecule is CCCCOC(=O)NC(Cc1ccc(F)c(Cl)c1)C(=O)O. The molecule has 0 spiro atoms. The highest BCUT2D eigenvalue weighted by atomic mass is 35.5. The molecule has 5 nitrogen and oxygen atoms in total. The normalized spacial score (nSPS) is 11.8. The molecule has 7 heteroatoms. The van der Waals surface area contributed by atoms with Gasteiger partial charge in [0.1, 0.15) is 11.9 Å². The van der Waals surface area contributed by atoms with E-state index in [0.717, 1.165) is 12.5 Å². The molecule has 0 radical (unpaired) electrons. The minimum atomic E-state index is -1.21. The number of unbranched alkanes of at least 4 members (excludes halogenated alkanes) is 1. The van der Waals surface area contributed by atoms with Gasteiger partial charge in [-0.2, -0.15) is 0 Å². The Kier molecular flexibility index (Phi) is 6.94. The van der Waals surface area contributed by atoms with Crippen LogP contribution in [0.1, 0.15) is 25.3 Å². The Morgan fingerprint density at radius 1 is 1.48 bits per heavy atom. The number of ether oxygens (including phenoxy) is 1. The van der Waals surface area contributed by atoms with Crippen LogP contribution in [0.25, 0.3) is 0 Å². The minimum absolute atomic E-state index is 0.0157. The van der Waals surface area contributed by atoms with Crippen LogP contribution in [-0.4, -0.2) is 29.8 Å². The van der Waals surface area contributed by atoms with Crippen molar-refractivity contribution in [2.45, 2.75) is 32.2 Å². The summed E-state index contributed by atoms with van der Waals surface area (Å²) in [6.45, 7) is 2.18. The van der Waals surface area contributed by atoms with Crippen molar-refractivity contribution in [3.63, 3.8) is 0 Å². The smallest absolute Gasteiger partial charge is 0.407 e. The van der Waals surface area contributed by atoms with Crippen LogP contribution in [0.4, 0.5) is 9.18 Å². The van der Waals surface area contributed by atoms with Crippen molar-refractivity contribution in [1.82, 2.24) is 5.32 Å². The van der Waals surface area contributed by atoms with E-state index in [4.69, 9.17) is 21.4 Å². The van der Waals surface area contributed by atoms with E-state index in [0.29, 0.717) is 12.0 Å². The van der Waals surface area contributed by atoms with Crippen LogP contribution < -0.4 is 5.32 Å². The summed E-state index contributed by atoms with van der Waals surface area (Å²) < 4.78 is 17.9. The molecule has 1 rings (SSSR count). The van der Waals surface area contributed by atoms with Crippen molar-refractivity contribution in [2.24, 2.45) is 0 Å². The average molecular weight is 318 g/mol. The lowest BCUT2D eigenvalue weighted by Crippen LogP contribution is -2.42. The maximum Gasteiger partial charge on any atom is 0.407 e. The van der Waals surface area contributed by atoms with Crippen molar-refractivity contribution in [1.29, 1.82) is 0 Å². The Morgan fingerprint density at radius 2 is 2.19 bits per heavy atom. The van der Waals surface area contributed by atoms with Gasteiger partial charge in [0.2, 0.25) is 0 Å². The minimum Gasteiger partial charge on any atom is -0.480 e. The lowest BCUT2D eigenvalue weighted by molar-refractivity contribution is -0.139. The summed E-state index contributed by atoms with van der Waals surface area (Å²) in [6, 6.07) is 2.73. The van der Waals surface area contributed by atoms with Gasteiger partial charge in [-0.05, 0) is 24.1 Å². The molecule has 0 heterocycles. The zero-order valence-corrected chi connectivity index (χ0v) is 12.3. The summed E-state index contributed by atoms with van der Waals surface area (Å²) in [7, 11) is 0. The first kappa shape index (κ1) is 17.2. The molecule has 1 aromatic carbocycles. The largest absolute Gasteiger partial charge is 0.480 e. The van der Waals surface area contributed by atoms with Crippen LogP contribution in [0.2, 0.25) is 5.02 Å². The summed E-state index contributed by atoms with van der Waals surface area (Å²) in [5.74, 6) is -1.79. The molecular weight excluding hydrogens is 301 g/mol. The van der Waals surface area contributed by atoms with E-state index in [-0.39, 0.29) is 18.1 Å². The van der Waals surface area contributed by atoms with Gasteiger partial charge in [0, 0.05) is 6.42 Å². The fourth-order valence-corrected chi connectivity index (χ4v) is 1.80. The number of carbonyl (C=O) groups excluding carboxylic acids is 1. The molecule has 0 aromatic heterocycles. The third-order valence-corrected chi connectivity index (χ3v) is 3.03. The number of rotatable bonds is 7. The number of alkyl carbamates (subject to hydrolysis) is 1. The maximum atomic E-state index is 13.0. The van der Waals surface area contributed by atoms with Gasteiger partial charge < -0.3 is 15.2 Å². The second-order valence-corrected chi connectivity index (χ2v) is 4.88. The first-order valence-electron chi connectivity index (χ1n) is 6.54. The number of carboxylic acid groups (broad SMARTS) is 1. The van der Waals surface area contributed by atoms with Crippen molar-refractivity contribution in [3.05, 3.63) is 34.6 Å². The van der Waals surface area contributed by atoms with E-state index < -0.39 is 23.9 Å². The molecule has 1 unspecified atom stereocenters. The lowest BCUT2D eigenvalue weighted by atomic mass is 10.1. The number of halogens is 2. The molecule has 1 aromatic rings. The molecule has 1 amide bonds. The Bertz CT molecular complexity index is 510. The van der Waals surface area contributed by atoms with Crippen LogP contribution in [0.3, 0.4) is 0 Å². The third-order valence-electron chi connectivity index (χ3n) is 2.75. The van der Waals surface area contributed by atoms with E-state index in [1.165, 1.54) is 12.1 Å². The Morgan fingerprint density at radius 3 is 2.76 bits per heavy atom. The van der Waals surface area contributed by atoms with Gasteiger partial charge in [-0.25, -0.2) is 14.0 Å². The molecule has 116 valence electrons. The monoisotopic (exact) mass is 317 g/mol. The fraction of sp³-hybridized carbons (Fsp3) is 0.429. The summed E-state index contributed by atoms with van der Waals surface area (Å²) in [6.07, 6.45) is 0.768. The molecule has 0 bridgehead atoms. The van der Waals surface area contributed by atoms with E-state index in [1.807, 2.05) is 6.92 Å². The molecule has 0 saturated carbocycles. The van der Waals surface area contributed by atoms with E-state index in [9.17, 15) is 14.0 Å². The van der Waals surface area contributed by atoms with E-state index in [2.05, 4.69) is 5.32 Å². The van der Waals surface area contributed by atoms with Crippen molar-refractivity contribution in [2.75, 3.05) is 6.61 Å².